The fourth-order valence-electron chi connectivity index (χ4n) is 10.0. The predicted molar refractivity (Wildman–Crippen MR) is 357 cm³/mol. The summed E-state index contributed by atoms with van der Waals surface area (Å²) in [4.78, 5) is 38.5. The lowest BCUT2D eigenvalue weighted by Crippen LogP contribution is -2.30. The minimum atomic E-state index is -0.796. The van der Waals surface area contributed by atoms with E-state index in [0.717, 1.165) is 135 Å². The van der Waals surface area contributed by atoms with Crippen LogP contribution in [0, 0.1) is 0 Å². The number of hydrogen-bond acceptors (Lipinski definition) is 6. The molecule has 0 heterocycles. The van der Waals surface area contributed by atoms with Crippen LogP contribution in [0.1, 0.15) is 348 Å². The third kappa shape index (κ3) is 67.1. The Hall–Kier alpha value is -3.67. The number of rotatable bonds is 64. The van der Waals surface area contributed by atoms with Crippen molar-refractivity contribution in [1.29, 1.82) is 0 Å². The minimum absolute atomic E-state index is 0.0885. The lowest BCUT2D eigenvalue weighted by Gasteiger charge is -2.18. The number of unbranched alkanes of at least 4 members (excludes halogenated alkanes) is 37. The lowest BCUT2D eigenvalue weighted by molar-refractivity contribution is -0.167. The Labute approximate surface area is 508 Å². The van der Waals surface area contributed by atoms with Gasteiger partial charge < -0.3 is 14.2 Å². The van der Waals surface area contributed by atoms with Crippen molar-refractivity contribution in [3.63, 3.8) is 0 Å². The molecular formula is C76H132O6. The number of allylic oxidation sites excluding steroid dienone is 16. The predicted octanol–water partition coefficient (Wildman–Crippen LogP) is 24.4. The van der Waals surface area contributed by atoms with Gasteiger partial charge in [-0.25, -0.2) is 0 Å². The van der Waals surface area contributed by atoms with Gasteiger partial charge in [0.1, 0.15) is 13.2 Å². The number of carbonyl (C=O) groups is 3. The summed E-state index contributed by atoms with van der Waals surface area (Å²) in [6.45, 7) is 6.52. The average molecular weight is 1140 g/mol. The van der Waals surface area contributed by atoms with Crippen LogP contribution in [-0.4, -0.2) is 37.2 Å². The van der Waals surface area contributed by atoms with Crippen LogP contribution >= 0.6 is 0 Å². The quantitative estimate of drug-likeness (QED) is 0.0261. The fourth-order valence-corrected chi connectivity index (χ4v) is 10.0. The van der Waals surface area contributed by atoms with Crippen LogP contribution in [0.25, 0.3) is 0 Å². The maximum atomic E-state index is 12.9. The first kappa shape index (κ1) is 78.3. The lowest BCUT2D eigenvalue weighted by atomic mass is 10.0. The van der Waals surface area contributed by atoms with E-state index in [0.29, 0.717) is 19.3 Å². The Bertz CT molecular complexity index is 1590. The Balaban J connectivity index is 4.35. The molecular weight excluding hydrogens is 1010 g/mol. The summed E-state index contributed by atoms with van der Waals surface area (Å²) >= 11 is 0. The van der Waals surface area contributed by atoms with Crippen molar-refractivity contribution in [1.82, 2.24) is 0 Å². The summed E-state index contributed by atoms with van der Waals surface area (Å²) in [6.07, 6.45) is 94.3. The van der Waals surface area contributed by atoms with Gasteiger partial charge >= 0.3 is 17.9 Å². The molecule has 0 radical (unpaired) electrons. The van der Waals surface area contributed by atoms with Crippen molar-refractivity contribution >= 4 is 17.9 Å². The van der Waals surface area contributed by atoms with Crippen molar-refractivity contribution in [2.24, 2.45) is 0 Å². The fraction of sp³-hybridized carbons (Fsp3) is 0.750. The third-order valence-corrected chi connectivity index (χ3v) is 15.3. The summed E-state index contributed by atoms with van der Waals surface area (Å²) in [5, 5.41) is 0. The molecule has 0 aromatic carbocycles. The summed E-state index contributed by atoms with van der Waals surface area (Å²) in [5.41, 5.74) is 0. The molecule has 6 heteroatoms. The van der Waals surface area contributed by atoms with Gasteiger partial charge in [-0.1, -0.05) is 304 Å². The summed E-state index contributed by atoms with van der Waals surface area (Å²) in [7, 11) is 0. The third-order valence-electron chi connectivity index (χ3n) is 15.3. The molecule has 6 nitrogen and oxygen atoms in total. The molecule has 0 aliphatic rings. The summed E-state index contributed by atoms with van der Waals surface area (Å²) in [6, 6.07) is 0. The first-order valence-corrected chi connectivity index (χ1v) is 35.2. The molecule has 0 rings (SSSR count). The van der Waals surface area contributed by atoms with Gasteiger partial charge in [0.05, 0.1) is 0 Å². The molecule has 0 spiro atoms. The molecule has 0 aromatic rings. The zero-order chi connectivity index (χ0) is 59.2. The highest BCUT2D eigenvalue weighted by atomic mass is 16.6. The van der Waals surface area contributed by atoms with E-state index >= 15 is 0 Å². The smallest absolute Gasteiger partial charge is 0.306 e. The van der Waals surface area contributed by atoms with Crippen molar-refractivity contribution in [2.45, 2.75) is 354 Å². The summed E-state index contributed by atoms with van der Waals surface area (Å²) < 4.78 is 17.0. The van der Waals surface area contributed by atoms with Gasteiger partial charge in [0.25, 0.3) is 0 Å². The minimum Gasteiger partial charge on any atom is -0.462 e. The summed E-state index contributed by atoms with van der Waals surface area (Å²) in [5.74, 6) is -0.907. The van der Waals surface area contributed by atoms with Gasteiger partial charge in [-0.05, 0) is 122 Å². The average Bonchev–Trinajstić information content (AvgIpc) is 3.48. The molecule has 472 valence electrons. The maximum absolute atomic E-state index is 12.9. The highest BCUT2D eigenvalue weighted by Crippen LogP contribution is 2.17. The van der Waals surface area contributed by atoms with Gasteiger partial charge in [-0.2, -0.15) is 0 Å². The molecule has 0 fully saturated rings. The van der Waals surface area contributed by atoms with E-state index < -0.39 is 6.10 Å². The number of esters is 3. The molecule has 0 saturated heterocycles. The molecule has 0 amide bonds. The second kappa shape index (κ2) is 69.8. The van der Waals surface area contributed by atoms with Crippen molar-refractivity contribution in [2.75, 3.05) is 13.2 Å². The second-order valence-electron chi connectivity index (χ2n) is 23.4. The molecule has 0 aromatic heterocycles. The zero-order valence-electron chi connectivity index (χ0n) is 54.2. The van der Waals surface area contributed by atoms with E-state index in [2.05, 4.69) is 118 Å². The molecule has 0 N–H and O–H groups in total. The highest BCUT2D eigenvalue weighted by Gasteiger charge is 2.19. The van der Waals surface area contributed by atoms with E-state index in [9.17, 15) is 14.4 Å². The Morgan fingerprint density at radius 2 is 0.476 bits per heavy atom. The van der Waals surface area contributed by atoms with Crippen LogP contribution in [0.4, 0.5) is 0 Å². The van der Waals surface area contributed by atoms with Gasteiger partial charge in [0, 0.05) is 19.3 Å². The van der Waals surface area contributed by atoms with Crippen LogP contribution in [0.15, 0.2) is 97.2 Å². The van der Waals surface area contributed by atoms with Crippen molar-refractivity contribution < 1.29 is 28.6 Å². The van der Waals surface area contributed by atoms with E-state index in [1.165, 1.54) is 173 Å². The molecule has 0 aliphatic heterocycles. The Morgan fingerprint density at radius 1 is 0.256 bits per heavy atom. The Morgan fingerprint density at radius 3 is 0.768 bits per heavy atom. The first-order valence-electron chi connectivity index (χ1n) is 35.2. The number of ether oxygens (including phenoxy) is 3. The van der Waals surface area contributed by atoms with Gasteiger partial charge in [0.15, 0.2) is 6.10 Å². The molecule has 1 atom stereocenters. The topological polar surface area (TPSA) is 78.9 Å². The largest absolute Gasteiger partial charge is 0.462 e. The Kier molecular flexibility index (Phi) is 66.7. The first-order chi connectivity index (χ1) is 40.5. The molecule has 0 aliphatic carbocycles. The van der Waals surface area contributed by atoms with Crippen LogP contribution in [0.2, 0.25) is 0 Å². The normalized spacial score (nSPS) is 12.7. The van der Waals surface area contributed by atoms with Crippen LogP contribution < -0.4 is 0 Å². The number of hydrogen-bond donors (Lipinski definition) is 0. The monoisotopic (exact) mass is 1140 g/mol. The van der Waals surface area contributed by atoms with Crippen LogP contribution in [0.5, 0.6) is 0 Å². The van der Waals surface area contributed by atoms with Crippen LogP contribution in [0.3, 0.4) is 0 Å². The standard InChI is InChI=1S/C76H132O6/c1-4-7-10-13-16-19-22-25-28-31-33-35-36-37-38-39-40-42-43-45-48-51-54-57-60-63-66-69-75(78)81-72-73(71-80-74(77)68-65-62-59-56-53-50-47-30-27-24-21-18-15-12-9-6-3)82-76(79)70-67-64-61-58-55-52-49-46-44-41-34-32-29-26-23-20-17-14-11-8-5-2/h8,11,17,20-21,24,26,29-31,33-34,41,46-47,49,73H,4-7,9-10,12-16,18-19,22-23,25,27-28,32,35-40,42-45,48,50-72H2,1-3H3/b11-8-,20-17-,24-21-,29-26-,33-31-,41-34-,47-30-,49-46-. The van der Waals surface area contributed by atoms with E-state index in [4.69, 9.17) is 14.2 Å². The number of carbonyl (C=O) groups excluding carboxylic acids is 3. The van der Waals surface area contributed by atoms with E-state index in [1.807, 2.05) is 0 Å². The van der Waals surface area contributed by atoms with Gasteiger partial charge in [-0.15, -0.1) is 0 Å². The highest BCUT2D eigenvalue weighted by molar-refractivity contribution is 5.71. The van der Waals surface area contributed by atoms with Crippen molar-refractivity contribution in [3.05, 3.63) is 97.2 Å². The molecule has 0 bridgehead atoms. The molecule has 1 unspecified atom stereocenters. The van der Waals surface area contributed by atoms with E-state index in [-0.39, 0.29) is 31.1 Å². The SMILES string of the molecule is CC/C=C\C/C=C\C/C=C\C/C=C\C/C=C\CCCCCCCC(=O)OC(COC(=O)CCCCCCC/C=C\C/C=C\CCCCCC)COC(=O)CCCCCCCCCCCCCCCCC/C=C\CCCCCCCCCC. The second-order valence-corrected chi connectivity index (χ2v) is 23.4. The van der Waals surface area contributed by atoms with Crippen LogP contribution in [-0.2, 0) is 28.6 Å². The van der Waals surface area contributed by atoms with Gasteiger partial charge in [0.2, 0.25) is 0 Å². The van der Waals surface area contributed by atoms with Gasteiger partial charge in [-0.3, -0.25) is 14.4 Å². The molecule has 82 heavy (non-hydrogen) atoms. The van der Waals surface area contributed by atoms with E-state index in [1.54, 1.807) is 0 Å². The van der Waals surface area contributed by atoms with Crippen molar-refractivity contribution in [3.8, 4) is 0 Å². The molecule has 0 saturated carbocycles. The maximum Gasteiger partial charge on any atom is 0.306 e. The zero-order valence-corrected chi connectivity index (χ0v) is 54.2.